The number of hydrogen-bond donors (Lipinski definition) is 2. The number of aryl methyl sites for hydroxylation is 1. The van der Waals surface area contributed by atoms with Crippen molar-refractivity contribution in [3.63, 3.8) is 0 Å². The lowest BCUT2D eigenvalue weighted by Crippen LogP contribution is -2.61. The van der Waals surface area contributed by atoms with Gasteiger partial charge in [0.2, 0.25) is 5.91 Å². The van der Waals surface area contributed by atoms with Gasteiger partial charge in [-0.1, -0.05) is 32.0 Å². The molecule has 33 heavy (non-hydrogen) atoms. The summed E-state index contributed by atoms with van der Waals surface area (Å²) in [4.78, 5) is 26.4. The van der Waals surface area contributed by atoms with Crippen molar-refractivity contribution < 1.29 is 33.3 Å². The molecule has 1 aromatic rings. The van der Waals surface area contributed by atoms with Crippen molar-refractivity contribution in [1.29, 1.82) is 0 Å². The quantitative estimate of drug-likeness (QED) is 0.693. The summed E-state index contributed by atoms with van der Waals surface area (Å²) in [6.07, 6.45) is -3.59. The third-order valence-corrected chi connectivity index (χ3v) is 6.06. The summed E-state index contributed by atoms with van der Waals surface area (Å²) in [7, 11) is 0. The Bertz CT molecular complexity index is 916. The van der Waals surface area contributed by atoms with E-state index in [-0.39, 0.29) is 11.8 Å². The van der Waals surface area contributed by atoms with Gasteiger partial charge >= 0.3 is 0 Å². The number of nitrogens with one attached hydrogen (secondary N) is 2. The summed E-state index contributed by atoms with van der Waals surface area (Å²) in [5, 5.41) is 5.77. The lowest BCUT2D eigenvalue weighted by Gasteiger charge is -2.37. The second-order valence-electron chi connectivity index (χ2n) is 10.1. The van der Waals surface area contributed by atoms with Crippen LogP contribution in [0.15, 0.2) is 24.3 Å². The molecule has 0 spiro atoms. The van der Waals surface area contributed by atoms with Crippen molar-refractivity contribution in [2.24, 2.45) is 5.92 Å². The van der Waals surface area contributed by atoms with Crippen molar-refractivity contribution in [1.82, 2.24) is 5.32 Å². The fourth-order valence-electron chi connectivity index (χ4n) is 4.52. The Labute approximate surface area is 194 Å². The van der Waals surface area contributed by atoms with Gasteiger partial charge in [0.15, 0.2) is 24.0 Å². The van der Waals surface area contributed by atoms with Gasteiger partial charge in [-0.15, -0.1) is 0 Å². The van der Waals surface area contributed by atoms with E-state index in [0.29, 0.717) is 5.69 Å². The lowest BCUT2D eigenvalue weighted by molar-refractivity contribution is -0.231. The van der Waals surface area contributed by atoms with E-state index in [9.17, 15) is 9.59 Å². The van der Waals surface area contributed by atoms with Gasteiger partial charge in [-0.05, 0) is 52.2 Å². The zero-order chi connectivity index (χ0) is 24.1. The molecule has 3 saturated heterocycles. The van der Waals surface area contributed by atoms with Crippen LogP contribution >= 0.6 is 0 Å². The van der Waals surface area contributed by atoms with Crippen LogP contribution in [0.2, 0.25) is 0 Å². The fraction of sp³-hybridized carbons (Fsp3) is 0.667. The van der Waals surface area contributed by atoms with Gasteiger partial charge in [0.25, 0.3) is 5.91 Å². The summed E-state index contributed by atoms with van der Waals surface area (Å²) in [6, 6.07) is 6.71. The van der Waals surface area contributed by atoms with Crippen LogP contribution in [0.4, 0.5) is 5.69 Å². The minimum absolute atomic E-state index is 0.160. The van der Waals surface area contributed by atoms with Gasteiger partial charge in [0.05, 0.1) is 0 Å². The number of carbonyl (C=O) groups is 2. The summed E-state index contributed by atoms with van der Waals surface area (Å²) >= 11 is 0. The van der Waals surface area contributed by atoms with Crippen LogP contribution < -0.4 is 10.6 Å². The smallest absolute Gasteiger partial charge is 0.252 e. The standard InChI is InChI=1S/C24H34N2O7/c1-12(2)15(20(27)25-14-11-9-8-10-13(14)3)26-21(28)18-16-17(31-23(4,5)30-16)19-22(29-18)33-24(6,7)32-19/h8-12,15-19,22H,1-7H3,(H,25,27)(H,26,28). The highest BCUT2D eigenvalue weighted by molar-refractivity contribution is 5.98. The average Bonchev–Trinajstić information content (AvgIpc) is 3.20. The molecule has 2 amide bonds. The average molecular weight is 463 g/mol. The molecule has 0 aliphatic carbocycles. The summed E-state index contributed by atoms with van der Waals surface area (Å²) in [5.41, 5.74) is 1.64. The molecule has 2 N–H and O–H groups in total. The Balaban J connectivity index is 1.52. The van der Waals surface area contributed by atoms with Gasteiger partial charge in [-0.3, -0.25) is 9.59 Å². The zero-order valence-corrected chi connectivity index (χ0v) is 20.2. The molecule has 9 heteroatoms. The molecule has 0 aromatic heterocycles. The highest BCUT2D eigenvalue weighted by Crippen LogP contribution is 2.44. The van der Waals surface area contributed by atoms with E-state index in [1.165, 1.54) is 0 Å². The first-order valence-corrected chi connectivity index (χ1v) is 11.4. The highest BCUT2D eigenvalue weighted by Gasteiger charge is 2.62. The number of rotatable bonds is 5. The topological polar surface area (TPSA) is 104 Å². The predicted molar refractivity (Wildman–Crippen MR) is 119 cm³/mol. The lowest BCUT2D eigenvalue weighted by atomic mass is 9.97. The Kier molecular flexibility index (Phi) is 6.30. The van der Waals surface area contributed by atoms with Crippen molar-refractivity contribution in [3.05, 3.63) is 29.8 Å². The maximum Gasteiger partial charge on any atom is 0.252 e. The fourth-order valence-corrected chi connectivity index (χ4v) is 4.52. The third kappa shape index (κ3) is 4.93. The first-order valence-electron chi connectivity index (χ1n) is 11.4. The molecule has 0 saturated carbocycles. The van der Waals surface area contributed by atoms with Gasteiger partial charge in [-0.25, -0.2) is 0 Å². The van der Waals surface area contributed by atoms with E-state index in [0.717, 1.165) is 5.56 Å². The molecule has 0 radical (unpaired) electrons. The number of anilines is 1. The molecule has 6 unspecified atom stereocenters. The minimum Gasteiger partial charge on any atom is -0.342 e. The second kappa shape index (κ2) is 8.63. The summed E-state index contributed by atoms with van der Waals surface area (Å²) in [5.74, 6) is -2.72. The van der Waals surface area contributed by atoms with Crippen LogP contribution in [-0.4, -0.2) is 60.1 Å². The first kappa shape index (κ1) is 24.1. The molecular weight excluding hydrogens is 428 g/mol. The third-order valence-electron chi connectivity index (χ3n) is 6.06. The number of fused-ring (bicyclic) bond motifs is 3. The number of para-hydroxylation sites is 1. The van der Waals surface area contributed by atoms with Crippen LogP contribution in [0.1, 0.15) is 47.1 Å². The molecule has 3 heterocycles. The minimum atomic E-state index is -1.02. The molecule has 0 bridgehead atoms. The second-order valence-corrected chi connectivity index (χ2v) is 10.1. The van der Waals surface area contributed by atoms with Crippen molar-refractivity contribution in [3.8, 4) is 0 Å². The van der Waals surface area contributed by atoms with Crippen LogP contribution in [0.5, 0.6) is 0 Å². The number of benzene rings is 1. The van der Waals surface area contributed by atoms with Crippen LogP contribution in [0, 0.1) is 12.8 Å². The molecule has 3 aliphatic rings. The molecule has 3 aliphatic heterocycles. The monoisotopic (exact) mass is 462 g/mol. The van der Waals surface area contributed by atoms with Gasteiger partial charge in [0.1, 0.15) is 24.4 Å². The Morgan fingerprint density at radius 3 is 2.18 bits per heavy atom. The number of carbonyl (C=O) groups excluding carboxylic acids is 2. The van der Waals surface area contributed by atoms with Crippen LogP contribution in [-0.2, 0) is 33.3 Å². The zero-order valence-electron chi connectivity index (χ0n) is 20.2. The van der Waals surface area contributed by atoms with Crippen LogP contribution in [0.3, 0.4) is 0 Å². The highest BCUT2D eigenvalue weighted by atomic mass is 16.9. The Hall–Kier alpha value is -2.04. The van der Waals surface area contributed by atoms with E-state index in [4.69, 9.17) is 23.7 Å². The van der Waals surface area contributed by atoms with Gasteiger partial charge in [-0.2, -0.15) is 0 Å². The molecule has 6 atom stereocenters. The van der Waals surface area contributed by atoms with Crippen molar-refractivity contribution in [2.75, 3.05) is 5.32 Å². The van der Waals surface area contributed by atoms with E-state index in [2.05, 4.69) is 10.6 Å². The van der Waals surface area contributed by atoms with E-state index in [1.54, 1.807) is 27.7 Å². The SMILES string of the molecule is Cc1ccccc1NC(=O)C(NC(=O)C1OC2OC(C)(C)OC2C2OC(C)(C)OC12)C(C)C. The number of amides is 2. The number of hydrogen-bond acceptors (Lipinski definition) is 7. The number of ether oxygens (including phenoxy) is 5. The van der Waals surface area contributed by atoms with E-state index < -0.39 is 54.2 Å². The van der Waals surface area contributed by atoms with Crippen LogP contribution in [0.25, 0.3) is 0 Å². The maximum absolute atomic E-state index is 13.4. The molecule has 182 valence electrons. The predicted octanol–water partition coefficient (Wildman–Crippen LogP) is 2.47. The molecule has 1 aromatic carbocycles. The largest absolute Gasteiger partial charge is 0.342 e. The van der Waals surface area contributed by atoms with E-state index in [1.807, 2.05) is 45.0 Å². The molecule has 4 rings (SSSR count). The van der Waals surface area contributed by atoms with Gasteiger partial charge in [0, 0.05) is 5.69 Å². The van der Waals surface area contributed by atoms with Crippen molar-refractivity contribution in [2.45, 2.75) is 96.8 Å². The normalized spacial score (nSPS) is 32.7. The van der Waals surface area contributed by atoms with Gasteiger partial charge < -0.3 is 34.3 Å². The first-order chi connectivity index (χ1) is 15.4. The Morgan fingerprint density at radius 1 is 0.909 bits per heavy atom. The molecule has 9 nitrogen and oxygen atoms in total. The summed E-state index contributed by atoms with van der Waals surface area (Å²) in [6.45, 7) is 12.8. The summed E-state index contributed by atoms with van der Waals surface area (Å²) < 4.78 is 30.0. The molecular formula is C24H34N2O7. The Morgan fingerprint density at radius 2 is 1.52 bits per heavy atom. The van der Waals surface area contributed by atoms with Crippen molar-refractivity contribution >= 4 is 17.5 Å². The van der Waals surface area contributed by atoms with E-state index >= 15 is 0 Å². The maximum atomic E-state index is 13.4. The molecule has 3 fully saturated rings.